The number of benzene rings is 2. The van der Waals surface area contributed by atoms with Gasteiger partial charge in [-0.2, -0.15) is 0 Å². The molecular weight excluding hydrogens is 200 g/mol. The van der Waals surface area contributed by atoms with Crippen LogP contribution in [0, 0.1) is 10.8 Å². The molecule has 0 atom stereocenters. The second-order valence-electron chi connectivity index (χ2n) is 2.53. The summed E-state index contributed by atoms with van der Waals surface area (Å²) in [4.78, 5) is 0. The standard InChI is InChI=1S/C10H8O.ClH.N2/c11-10-6-5-8-3-1-2-4-9(8)7-10;;1-2/h1-7,11H;1H;. The minimum Gasteiger partial charge on any atom is -0.508 e. The Labute approximate surface area is 87.8 Å². The summed E-state index contributed by atoms with van der Waals surface area (Å²) in [6.07, 6.45) is 0. The first-order valence-corrected chi connectivity index (χ1v) is 3.74. The Bertz CT molecular complexity index is 428. The summed E-state index contributed by atoms with van der Waals surface area (Å²) in [7, 11) is 0. The van der Waals surface area contributed by atoms with Crippen LogP contribution in [-0.4, -0.2) is 5.11 Å². The fourth-order valence-electron chi connectivity index (χ4n) is 1.18. The van der Waals surface area contributed by atoms with Crippen molar-refractivity contribution < 1.29 is 5.11 Å². The van der Waals surface area contributed by atoms with Gasteiger partial charge in [0, 0.05) is 10.8 Å². The summed E-state index contributed by atoms with van der Waals surface area (Å²) in [5, 5.41) is 23.4. The summed E-state index contributed by atoms with van der Waals surface area (Å²) in [5.74, 6) is 0.323. The largest absolute Gasteiger partial charge is 0.508 e. The van der Waals surface area contributed by atoms with E-state index < -0.39 is 0 Å². The maximum atomic E-state index is 9.13. The quantitative estimate of drug-likeness (QED) is 0.677. The monoisotopic (exact) mass is 208 g/mol. The van der Waals surface area contributed by atoms with Crippen molar-refractivity contribution in [2.45, 2.75) is 0 Å². The molecule has 2 aromatic rings. The van der Waals surface area contributed by atoms with Crippen LogP contribution < -0.4 is 0 Å². The molecule has 14 heavy (non-hydrogen) atoms. The molecule has 3 nitrogen and oxygen atoms in total. The molecule has 0 aromatic heterocycles. The number of nitrogens with zero attached hydrogens (tertiary/aromatic N) is 2. The van der Waals surface area contributed by atoms with Crippen LogP contribution in [0.4, 0.5) is 0 Å². The van der Waals surface area contributed by atoms with Crippen molar-refractivity contribution in [3.05, 3.63) is 42.5 Å². The van der Waals surface area contributed by atoms with Gasteiger partial charge < -0.3 is 5.11 Å². The van der Waals surface area contributed by atoms with Gasteiger partial charge in [0.15, 0.2) is 0 Å². The zero-order valence-corrected chi connectivity index (χ0v) is 8.11. The molecule has 2 rings (SSSR count). The fourth-order valence-corrected chi connectivity index (χ4v) is 1.18. The van der Waals surface area contributed by atoms with E-state index in [9.17, 15) is 0 Å². The van der Waals surface area contributed by atoms with Gasteiger partial charge in [0.25, 0.3) is 0 Å². The van der Waals surface area contributed by atoms with E-state index >= 15 is 0 Å². The third-order valence-electron chi connectivity index (χ3n) is 1.73. The first kappa shape index (κ1) is 12.2. The van der Waals surface area contributed by atoms with Crippen molar-refractivity contribution in [1.29, 1.82) is 10.8 Å². The van der Waals surface area contributed by atoms with Crippen LogP contribution in [0.3, 0.4) is 0 Å². The lowest BCUT2D eigenvalue weighted by molar-refractivity contribution is 0.476. The Hall–Kier alpha value is -1.79. The zero-order valence-electron chi connectivity index (χ0n) is 7.29. The summed E-state index contributed by atoms with van der Waals surface area (Å²) < 4.78 is 0. The first-order chi connectivity index (χ1) is 6.36. The van der Waals surface area contributed by atoms with Gasteiger partial charge in [-0.25, -0.2) is 0 Å². The third kappa shape index (κ3) is 2.61. The lowest BCUT2D eigenvalue weighted by atomic mass is 10.1. The molecule has 0 unspecified atom stereocenters. The van der Waals surface area contributed by atoms with E-state index in [1.807, 2.05) is 30.3 Å². The number of phenols is 1. The molecule has 0 amide bonds. The van der Waals surface area contributed by atoms with Gasteiger partial charge in [-0.1, -0.05) is 30.3 Å². The Kier molecular flexibility index (Phi) is 5.05. The Morgan fingerprint density at radius 2 is 1.43 bits per heavy atom. The van der Waals surface area contributed by atoms with E-state index in [1.165, 1.54) is 0 Å². The number of halogens is 1. The van der Waals surface area contributed by atoms with Gasteiger partial charge in [-0.3, -0.25) is 0 Å². The molecule has 0 spiro atoms. The van der Waals surface area contributed by atoms with Crippen molar-refractivity contribution >= 4 is 23.2 Å². The molecule has 0 aliphatic rings. The highest BCUT2D eigenvalue weighted by Gasteiger charge is 1.91. The van der Waals surface area contributed by atoms with Crippen molar-refractivity contribution in [2.24, 2.45) is 0 Å². The molecule has 72 valence electrons. The van der Waals surface area contributed by atoms with Crippen molar-refractivity contribution in [3.8, 4) is 5.75 Å². The number of aromatic hydroxyl groups is 1. The third-order valence-corrected chi connectivity index (χ3v) is 1.73. The summed E-state index contributed by atoms with van der Waals surface area (Å²) in [5.41, 5.74) is 0. The normalized spacial score (nSPS) is 8.14. The van der Waals surface area contributed by atoms with Crippen LogP contribution in [0.5, 0.6) is 5.75 Å². The van der Waals surface area contributed by atoms with Crippen molar-refractivity contribution in [2.75, 3.05) is 0 Å². The molecule has 0 bridgehead atoms. The van der Waals surface area contributed by atoms with Crippen LogP contribution in [0.1, 0.15) is 0 Å². The summed E-state index contributed by atoms with van der Waals surface area (Å²) in [6, 6.07) is 13.3. The Balaban J connectivity index is 0.000000531. The number of rotatable bonds is 0. The minimum atomic E-state index is 0. The van der Waals surface area contributed by atoms with Crippen molar-refractivity contribution in [3.63, 3.8) is 0 Å². The highest BCUT2D eigenvalue weighted by molar-refractivity contribution is 5.85. The molecule has 0 radical (unpaired) electrons. The molecule has 0 saturated heterocycles. The second kappa shape index (κ2) is 5.79. The Morgan fingerprint density at radius 3 is 2.07 bits per heavy atom. The smallest absolute Gasteiger partial charge is 0.116 e. The predicted octanol–water partition coefficient (Wildman–Crippen LogP) is 3.00. The lowest BCUT2D eigenvalue weighted by Gasteiger charge is -1.96. The number of fused-ring (bicyclic) bond motifs is 1. The maximum Gasteiger partial charge on any atom is 0.116 e. The van der Waals surface area contributed by atoms with E-state index in [0.717, 1.165) is 10.8 Å². The van der Waals surface area contributed by atoms with Gasteiger partial charge in [0.05, 0.1) is 0 Å². The summed E-state index contributed by atoms with van der Waals surface area (Å²) in [6.45, 7) is 0. The number of hydrogen-bond acceptors (Lipinski definition) is 3. The van der Waals surface area contributed by atoms with Gasteiger partial charge in [0.1, 0.15) is 5.75 Å². The van der Waals surface area contributed by atoms with E-state index in [-0.39, 0.29) is 12.4 Å². The average Bonchev–Trinajstić information content (AvgIpc) is 2.21. The average molecular weight is 209 g/mol. The number of phenolic OH excluding ortho intramolecular Hbond substituents is 1. The topological polar surface area (TPSA) is 67.8 Å². The van der Waals surface area contributed by atoms with Gasteiger partial charge >= 0.3 is 0 Å². The zero-order chi connectivity index (χ0) is 9.68. The van der Waals surface area contributed by atoms with Crippen LogP contribution in [0.25, 0.3) is 10.8 Å². The molecule has 0 fully saturated rings. The SMILES string of the molecule is Cl.N#N.Oc1ccc2ccccc2c1. The van der Waals surface area contributed by atoms with Gasteiger partial charge in [0.2, 0.25) is 0 Å². The number of hydrogen-bond donors (Lipinski definition) is 1. The molecule has 0 heterocycles. The van der Waals surface area contributed by atoms with Gasteiger partial charge in [-0.05, 0) is 22.9 Å². The summed E-state index contributed by atoms with van der Waals surface area (Å²) >= 11 is 0. The van der Waals surface area contributed by atoms with Crippen LogP contribution in [0.15, 0.2) is 42.5 Å². The molecule has 2 aromatic carbocycles. The van der Waals surface area contributed by atoms with Crippen LogP contribution in [0.2, 0.25) is 0 Å². The molecule has 0 saturated carbocycles. The maximum absolute atomic E-state index is 9.13. The highest BCUT2D eigenvalue weighted by atomic mass is 35.5. The van der Waals surface area contributed by atoms with Crippen LogP contribution >= 0.6 is 12.4 Å². The molecule has 0 aliphatic carbocycles. The second-order valence-corrected chi connectivity index (χ2v) is 2.53. The van der Waals surface area contributed by atoms with E-state index in [4.69, 9.17) is 15.9 Å². The van der Waals surface area contributed by atoms with E-state index in [1.54, 1.807) is 12.1 Å². The van der Waals surface area contributed by atoms with Gasteiger partial charge in [-0.15, -0.1) is 12.4 Å². The van der Waals surface area contributed by atoms with E-state index in [0.29, 0.717) is 5.75 Å². The van der Waals surface area contributed by atoms with Crippen LogP contribution in [-0.2, 0) is 0 Å². The lowest BCUT2D eigenvalue weighted by Crippen LogP contribution is -1.69. The fraction of sp³-hybridized carbons (Fsp3) is 0. The molecule has 1 N–H and O–H groups in total. The minimum absolute atomic E-state index is 0. The first-order valence-electron chi connectivity index (χ1n) is 3.74. The highest BCUT2D eigenvalue weighted by Crippen LogP contribution is 2.18. The Morgan fingerprint density at radius 1 is 0.857 bits per heavy atom. The van der Waals surface area contributed by atoms with Crippen molar-refractivity contribution in [1.82, 2.24) is 0 Å². The van der Waals surface area contributed by atoms with E-state index in [2.05, 4.69) is 0 Å². The molecule has 4 heteroatoms. The molecule has 0 aliphatic heterocycles. The molecular formula is C10H9ClN2O. The predicted molar refractivity (Wildman–Crippen MR) is 56.3 cm³/mol.